The van der Waals surface area contributed by atoms with Gasteiger partial charge in [0.1, 0.15) is 6.07 Å². The van der Waals surface area contributed by atoms with Gasteiger partial charge in [-0.15, -0.1) is 0 Å². The summed E-state index contributed by atoms with van der Waals surface area (Å²) in [5.74, 6) is 0. The van der Waals surface area contributed by atoms with Crippen molar-refractivity contribution in [1.82, 2.24) is 0 Å². The van der Waals surface area contributed by atoms with Crippen molar-refractivity contribution in [1.29, 1.82) is 10.5 Å². The summed E-state index contributed by atoms with van der Waals surface area (Å²) in [5, 5.41) is 18.4. The zero-order valence-corrected chi connectivity index (χ0v) is 13.8. The van der Waals surface area contributed by atoms with Gasteiger partial charge in [0.25, 0.3) is 0 Å². The van der Waals surface area contributed by atoms with E-state index in [0.29, 0.717) is 5.57 Å². The van der Waals surface area contributed by atoms with Crippen molar-refractivity contribution >= 4 is 5.57 Å². The van der Waals surface area contributed by atoms with Crippen molar-refractivity contribution in [2.75, 3.05) is 0 Å². The van der Waals surface area contributed by atoms with E-state index in [2.05, 4.69) is 48.5 Å². The number of rotatable bonds is 1. The molecule has 0 N–H and O–H groups in total. The standard InChI is InChI=1S/C22H20N2/c23-14-13-21(16-24)22-15-19-5-1-3-17-7-9-18(10-8-17)4-2-6-20(22)12-11-19/h7-13,15H,1-6H2/b21-13+. The van der Waals surface area contributed by atoms with Gasteiger partial charge in [-0.2, -0.15) is 10.5 Å². The first-order valence-electron chi connectivity index (χ1n) is 8.50. The van der Waals surface area contributed by atoms with Gasteiger partial charge in [0.05, 0.1) is 11.6 Å². The Bertz CT molecular complexity index is 830. The van der Waals surface area contributed by atoms with Crippen LogP contribution in [0.3, 0.4) is 0 Å². The molecule has 2 aromatic carbocycles. The third kappa shape index (κ3) is 3.73. The molecule has 0 aliphatic heterocycles. The molecule has 0 fully saturated rings. The Morgan fingerprint density at radius 3 is 2.00 bits per heavy atom. The monoisotopic (exact) mass is 312 g/mol. The molecule has 2 nitrogen and oxygen atoms in total. The summed E-state index contributed by atoms with van der Waals surface area (Å²) in [7, 11) is 0. The summed E-state index contributed by atoms with van der Waals surface area (Å²) in [6, 6.07) is 19.6. The van der Waals surface area contributed by atoms with Gasteiger partial charge >= 0.3 is 0 Å². The van der Waals surface area contributed by atoms with E-state index in [1.807, 2.05) is 6.07 Å². The molecule has 118 valence electrons. The van der Waals surface area contributed by atoms with Gasteiger partial charge in [0.2, 0.25) is 0 Å². The van der Waals surface area contributed by atoms with Crippen LogP contribution in [0.4, 0.5) is 0 Å². The van der Waals surface area contributed by atoms with E-state index in [0.717, 1.165) is 49.7 Å². The number of hydrogen-bond acceptors (Lipinski definition) is 2. The lowest BCUT2D eigenvalue weighted by atomic mass is 9.91. The lowest BCUT2D eigenvalue weighted by Crippen LogP contribution is -2.00. The number of benzene rings is 2. The van der Waals surface area contributed by atoms with Gasteiger partial charge in [-0.25, -0.2) is 0 Å². The van der Waals surface area contributed by atoms with Crippen LogP contribution in [0, 0.1) is 22.7 Å². The molecule has 0 spiro atoms. The number of aryl methyl sites for hydroxylation is 4. The van der Waals surface area contributed by atoms with Crippen molar-refractivity contribution in [3.05, 3.63) is 76.4 Å². The van der Waals surface area contributed by atoms with Gasteiger partial charge < -0.3 is 0 Å². The van der Waals surface area contributed by atoms with Crippen LogP contribution >= 0.6 is 0 Å². The zero-order valence-electron chi connectivity index (χ0n) is 13.8. The van der Waals surface area contributed by atoms with E-state index in [9.17, 15) is 5.26 Å². The molecule has 0 unspecified atom stereocenters. The van der Waals surface area contributed by atoms with Crippen LogP contribution in [0.1, 0.15) is 40.7 Å². The molecule has 0 radical (unpaired) electrons. The van der Waals surface area contributed by atoms with Crippen molar-refractivity contribution in [2.24, 2.45) is 0 Å². The lowest BCUT2D eigenvalue weighted by molar-refractivity contribution is 0.799. The smallest absolute Gasteiger partial charge is 0.101 e. The number of allylic oxidation sites excluding steroid dienone is 2. The molecular formula is C22H20N2. The average Bonchev–Trinajstić information content (AvgIpc) is 2.62. The maximum atomic E-state index is 9.41. The highest BCUT2D eigenvalue weighted by Gasteiger charge is 2.10. The summed E-state index contributed by atoms with van der Waals surface area (Å²) in [4.78, 5) is 0. The van der Waals surface area contributed by atoms with E-state index in [-0.39, 0.29) is 0 Å². The molecule has 0 heterocycles. The Morgan fingerprint density at radius 2 is 1.38 bits per heavy atom. The van der Waals surface area contributed by atoms with Gasteiger partial charge in [0.15, 0.2) is 0 Å². The first kappa shape index (κ1) is 16.0. The minimum Gasteiger partial charge on any atom is -0.193 e. The fourth-order valence-electron chi connectivity index (χ4n) is 3.33. The summed E-state index contributed by atoms with van der Waals surface area (Å²) < 4.78 is 0. The second-order valence-electron chi connectivity index (χ2n) is 6.31. The number of hydrogen-bond donors (Lipinski definition) is 0. The Balaban J connectivity index is 1.96. The molecule has 0 saturated heterocycles. The molecule has 0 amide bonds. The fraction of sp³-hybridized carbons (Fsp3) is 0.273. The molecule has 2 aromatic rings. The quantitative estimate of drug-likeness (QED) is 0.711. The molecule has 0 aromatic heterocycles. The van der Waals surface area contributed by atoms with Gasteiger partial charge in [-0.05, 0) is 66.3 Å². The summed E-state index contributed by atoms with van der Waals surface area (Å²) >= 11 is 0. The Labute approximate surface area is 143 Å². The van der Waals surface area contributed by atoms with Crippen LogP contribution in [-0.4, -0.2) is 0 Å². The van der Waals surface area contributed by atoms with Crippen molar-refractivity contribution in [2.45, 2.75) is 38.5 Å². The summed E-state index contributed by atoms with van der Waals surface area (Å²) in [6.45, 7) is 0. The van der Waals surface area contributed by atoms with Gasteiger partial charge in [-0.3, -0.25) is 0 Å². The highest BCUT2D eigenvalue weighted by atomic mass is 14.3. The second kappa shape index (κ2) is 7.62. The highest BCUT2D eigenvalue weighted by molar-refractivity contribution is 5.80. The van der Waals surface area contributed by atoms with Crippen LogP contribution in [0.5, 0.6) is 0 Å². The predicted molar refractivity (Wildman–Crippen MR) is 96.1 cm³/mol. The lowest BCUT2D eigenvalue weighted by Gasteiger charge is -2.13. The first-order chi connectivity index (χ1) is 11.8. The van der Waals surface area contributed by atoms with Gasteiger partial charge in [-0.1, -0.05) is 42.5 Å². The van der Waals surface area contributed by atoms with Crippen LogP contribution < -0.4 is 0 Å². The van der Waals surface area contributed by atoms with Gasteiger partial charge in [0, 0.05) is 6.08 Å². The minimum atomic E-state index is 0.477. The minimum absolute atomic E-state index is 0.477. The van der Waals surface area contributed by atoms with E-state index < -0.39 is 0 Å². The molecule has 24 heavy (non-hydrogen) atoms. The SMILES string of the molecule is N#C/C=C(\C#N)c1cc2ccc1CCCc1ccc(cc1)CCC2. The Hall–Kier alpha value is -2.84. The molecule has 4 bridgehead atoms. The molecule has 0 saturated carbocycles. The molecule has 2 heteroatoms. The largest absolute Gasteiger partial charge is 0.193 e. The maximum Gasteiger partial charge on any atom is 0.101 e. The molecular weight excluding hydrogens is 292 g/mol. The fourth-order valence-corrected chi connectivity index (χ4v) is 3.33. The Kier molecular flexibility index (Phi) is 5.09. The topological polar surface area (TPSA) is 47.6 Å². The number of nitrogens with zero attached hydrogens (tertiary/aromatic N) is 2. The van der Waals surface area contributed by atoms with E-state index >= 15 is 0 Å². The highest BCUT2D eigenvalue weighted by Crippen LogP contribution is 2.24. The molecule has 4 aliphatic carbocycles. The zero-order chi connectivity index (χ0) is 16.8. The van der Waals surface area contributed by atoms with E-state index in [1.165, 1.54) is 22.8 Å². The van der Waals surface area contributed by atoms with Crippen LogP contribution in [0.15, 0.2) is 48.5 Å². The van der Waals surface area contributed by atoms with Crippen LogP contribution in [0.2, 0.25) is 0 Å². The second-order valence-corrected chi connectivity index (χ2v) is 6.31. The van der Waals surface area contributed by atoms with E-state index in [4.69, 9.17) is 5.26 Å². The van der Waals surface area contributed by atoms with Crippen molar-refractivity contribution in [3.8, 4) is 12.1 Å². The van der Waals surface area contributed by atoms with Crippen LogP contribution in [-0.2, 0) is 25.7 Å². The van der Waals surface area contributed by atoms with Crippen LogP contribution in [0.25, 0.3) is 5.57 Å². The maximum absolute atomic E-state index is 9.41. The molecule has 4 aliphatic rings. The average molecular weight is 312 g/mol. The third-order valence-corrected chi connectivity index (χ3v) is 4.66. The Morgan fingerprint density at radius 1 is 0.792 bits per heavy atom. The normalized spacial score (nSPS) is 14.7. The van der Waals surface area contributed by atoms with Crippen molar-refractivity contribution in [3.63, 3.8) is 0 Å². The molecule has 6 rings (SSSR count). The predicted octanol–water partition coefficient (Wildman–Crippen LogP) is 4.78. The van der Waals surface area contributed by atoms with E-state index in [1.54, 1.807) is 0 Å². The third-order valence-electron chi connectivity index (χ3n) is 4.66. The van der Waals surface area contributed by atoms with Crippen molar-refractivity contribution < 1.29 is 0 Å². The first-order valence-corrected chi connectivity index (χ1v) is 8.50. The molecule has 0 atom stereocenters. The summed E-state index contributed by atoms with van der Waals surface area (Å²) in [6.07, 6.45) is 7.49. The number of nitriles is 2. The summed E-state index contributed by atoms with van der Waals surface area (Å²) in [5.41, 5.74) is 6.56.